The van der Waals surface area contributed by atoms with Crippen molar-refractivity contribution in [3.05, 3.63) is 70.5 Å². The van der Waals surface area contributed by atoms with Crippen LogP contribution in [-0.2, 0) is 0 Å². The maximum atomic E-state index is 13.0. The first-order valence-electron chi connectivity index (χ1n) is 9.30. The molecule has 0 aliphatic carbocycles. The molecule has 132 valence electrons. The smallest absolute Gasteiger partial charge is 0.264 e. The maximum Gasteiger partial charge on any atom is 0.264 e. The van der Waals surface area contributed by atoms with Crippen LogP contribution in [0.15, 0.2) is 59.4 Å². The first kappa shape index (κ1) is 17.9. The molecule has 0 amide bonds. The topological polar surface area (TPSA) is 34.4 Å². The molecule has 0 radical (unpaired) electrons. The molecule has 2 heterocycles. The van der Waals surface area contributed by atoms with Crippen LogP contribution in [0.4, 0.5) is 0 Å². The number of aryl methyl sites for hydroxylation is 1. The lowest BCUT2D eigenvalue weighted by molar-refractivity contribution is 1.19. The number of hydrogen-bond donors (Lipinski definition) is 0. The molecule has 0 aliphatic heterocycles. The third-order valence-electron chi connectivity index (χ3n) is 4.49. The van der Waals surface area contributed by atoms with E-state index in [-0.39, 0.29) is 5.56 Å². The van der Waals surface area contributed by atoms with Gasteiger partial charge in [-0.1, -0.05) is 64.1 Å². The molecule has 2 aromatic heterocycles. The van der Waals surface area contributed by atoms with Crippen LogP contribution in [-0.4, -0.2) is 9.38 Å². The van der Waals surface area contributed by atoms with Gasteiger partial charge in [-0.25, -0.2) is 4.98 Å². The van der Waals surface area contributed by atoms with Crippen LogP contribution in [0.3, 0.4) is 0 Å². The van der Waals surface area contributed by atoms with Crippen LogP contribution < -0.4 is 5.56 Å². The standard InChI is InChI=1S/C19H12N2O.2C2H6/c1-11-9-10-13-17-12(11)5-4-6-14(17)19(22)21-16-8-3-2-7-15(16)20-18(13)21;2*1-2/h2-10H,1H3;2*1-2H3. The molecule has 5 aromatic rings. The van der Waals surface area contributed by atoms with E-state index in [2.05, 4.69) is 25.1 Å². The molecule has 0 fully saturated rings. The summed E-state index contributed by atoms with van der Waals surface area (Å²) >= 11 is 0. The van der Waals surface area contributed by atoms with Gasteiger partial charge in [-0.15, -0.1) is 0 Å². The van der Waals surface area contributed by atoms with Crippen LogP contribution in [0.1, 0.15) is 33.3 Å². The molecule has 3 aromatic carbocycles. The van der Waals surface area contributed by atoms with Gasteiger partial charge >= 0.3 is 0 Å². The third kappa shape index (κ3) is 2.43. The molecular formula is C23H24N2O. The van der Waals surface area contributed by atoms with Gasteiger partial charge < -0.3 is 0 Å². The summed E-state index contributed by atoms with van der Waals surface area (Å²) in [6.45, 7) is 10.1. The van der Waals surface area contributed by atoms with E-state index < -0.39 is 0 Å². The molecule has 0 saturated carbocycles. The van der Waals surface area contributed by atoms with E-state index in [4.69, 9.17) is 4.98 Å². The molecule has 3 nitrogen and oxygen atoms in total. The zero-order valence-corrected chi connectivity index (χ0v) is 16.0. The largest absolute Gasteiger partial charge is 0.268 e. The lowest BCUT2D eigenvalue weighted by Crippen LogP contribution is -2.13. The molecule has 0 aliphatic rings. The van der Waals surface area contributed by atoms with Crippen molar-refractivity contribution in [1.82, 2.24) is 9.38 Å². The second-order valence-corrected chi connectivity index (χ2v) is 5.72. The lowest BCUT2D eigenvalue weighted by atomic mass is 9.99. The van der Waals surface area contributed by atoms with Crippen LogP contribution >= 0.6 is 0 Å². The number of aromatic nitrogens is 2. The minimum atomic E-state index is 0.00685. The molecule has 5 rings (SSSR count). The number of nitrogens with zero attached hydrogens (tertiary/aromatic N) is 2. The van der Waals surface area contributed by atoms with Gasteiger partial charge in [0.25, 0.3) is 5.56 Å². The Balaban J connectivity index is 0.000000461. The molecule has 26 heavy (non-hydrogen) atoms. The Hall–Kier alpha value is -2.94. The van der Waals surface area contributed by atoms with Crippen molar-refractivity contribution >= 4 is 38.2 Å². The van der Waals surface area contributed by atoms with E-state index in [1.807, 2.05) is 64.1 Å². The van der Waals surface area contributed by atoms with E-state index in [0.29, 0.717) is 0 Å². The van der Waals surface area contributed by atoms with Gasteiger partial charge in [0, 0.05) is 16.2 Å². The van der Waals surface area contributed by atoms with Gasteiger partial charge in [0.15, 0.2) is 0 Å². The van der Waals surface area contributed by atoms with E-state index in [9.17, 15) is 4.79 Å². The number of rotatable bonds is 0. The fraction of sp³-hybridized carbons (Fsp3) is 0.217. The summed E-state index contributed by atoms with van der Waals surface area (Å²) in [6.07, 6.45) is 0. The average molecular weight is 344 g/mol. The summed E-state index contributed by atoms with van der Waals surface area (Å²) in [5, 5.41) is 3.94. The quantitative estimate of drug-likeness (QED) is 0.348. The second kappa shape index (κ2) is 7.12. The normalized spacial score (nSPS) is 10.7. The molecule has 0 N–H and O–H groups in total. The van der Waals surface area contributed by atoms with Crippen molar-refractivity contribution in [2.75, 3.05) is 0 Å². The second-order valence-electron chi connectivity index (χ2n) is 5.72. The van der Waals surface area contributed by atoms with Crippen molar-refractivity contribution in [2.45, 2.75) is 34.6 Å². The molecular weight excluding hydrogens is 320 g/mol. The number of fused-ring (bicyclic) bond motifs is 4. The highest BCUT2D eigenvalue weighted by Gasteiger charge is 2.15. The third-order valence-corrected chi connectivity index (χ3v) is 4.49. The van der Waals surface area contributed by atoms with Gasteiger partial charge in [0.05, 0.1) is 11.0 Å². The van der Waals surface area contributed by atoms with E-state index >= 15 is 0 Å². The Morgan fingerprint density at radius 2 is 1.46 bits per heavy atom. The summed E-state index contributed by atoms with van der Waals surface area (Å²) < 4.78 is 1.74. The molecule has 0 spiro atoms. The van der Waals surface area contributed by atoms with Gasteiger partial charge in [-0.05, 0) is 36.1 Å². The number of hydrogen-bond acceptors (Lipinski definition) is 2. The predicted molar refractivity (Wildman–Crippen MR) is 113 cm³/mol. The Morgan fingerprint density at radius 1 is 0.769 bits per heavy atom. The fourth-order valence-electron chi connectivity index (χ4n) is 3.45. The van der Waals surface area contributed by atoms with Gasteiger partial charge in [-0.3, -0.25) is 9.20 Å². The first-order chi connectivity index (χ1) is 12.8. The Bertz CT molecular complexity index is 1250. The van der Waals surface area contributed by atoms with Crippen molar-refractivity contribution in [2.24, 2.45) is 0 Å². The van der Waals surface area contributed by atoms with E-state index in [0.717, 1.165) is 38.2 Å². The Morgan fingerprint density at radius 3 is 2.23 bits per heavy atom. The highest BCUT2D eigenvalue weighted by molar-refractivity contribution is 6.16. The van der Waals surface area contributed by atoms with E-state index in [1.54, 1.807) is 4.40 Å². The molecule has 0 bridgehead atoms. The molecule has 3 heteroatoms. The Kier molecular flexibility index (Phi) is 4.90. The number of pyridine rings is 1. The van der Waals surface area contributed by atoms with Crippen molar-refractivity contribution < 1.29 is 0 Å². The highest BCUT2D eigenvalue weighted by atomic mass is 16.1. The van der Waals surface area contributed by atoms with Crippen molar-refractivity contribution in [3.63, 3.8) is 0 Å². The SMILES string of the molecule is CC.CC.Cc1ccc2c3c1cccc3c(=O)n1c3ccccc3nc21. The zero-order valence-electron chi connectivity index (χ0n) is 16.0. The maximum absolute atomic E-state index is 13.0. The Labute approximate surface area is 153 Å². The monoisotopic (exact) mass is 344 g/mol. The van der Waals surface area contributed by atoms with E-state index in [1.165, 1.54) is 5.56 Å². The minimum Gasteiger partial charge on any atom is -0.268 e. The van der Waals surface area contributed by atoms with Crippen LogP contribution in [0.2, 0.25) is 0 Å². The summed E-state index contributed by atoms with van der Waals surface area (Å²) in [5.41, 5.74) is 3.65. The molecule has 0 saturated heterocycles. The highest BCUT2D eigenvalue weighted by Crippen LogP contribution is 2.31. The summed E-state index contributed by atoms with van der Waals surface area (Å²) in [4.78, 5) is 17.7. The summed E-state index contributed by atoms with van der Waals surface area (Å²) in [6, 6.07) is 17.9. The molecule has 0 unspecified atom stereocenters. The summed E-state index contributed by atoms with van der Waals surface area (Å²) in [7, 11) is 0. The van der Waals surface area contributed by atoms with Gasteiger partial charge in [-0.2, -0.15) is 0 Å². The van der Waals surface area contributed by atoms with Crippen LogP contribution in [0, 0.1) is 6.92 Å². The number of para-hydroxylation sites is 2. The lowest BCUT2D eigenvalue weighted by Gasteiger charge is -2.09. The van der Waals surface area contributed by atoms with Crippen LogP contribution in [0.25, 0.3) is 38.2 Å². The summed E-state index contributed by atoms with van der Waals surface area (Å²) in [5.74, 6) is 0. The van der Waals surface area contributed by atoms with Crippen molar-refractivity contribution in [1.29, 1.82) is 0 Å². The van der Waals surface area contributed by atoms with Gasteiger partial charge in [0.1, 0.15) is 5.65 Å². The zero-order chi connectivity index (χ0) is 18.8. The number of benzene rings is 3. The van der Waals surface area contributed by atoms with Crippen LogP contribution in [0.5, 0.6) is 0 Å². The minimum absolute atomic E-state index is 0.00685. The predicted octanol–water partition coefficient (Wildman–Crippen LogP) is 5.95. The fourth-order valence-corrected chi connectivity index (χ4v) is 3.45. The first-order valence-corrected chi connectivity index (χ1v) is 9.30. The number of imidazole rings is 1. The molecule has 0 atom stereocenters. The average Bonchev–Trinajstić information content (AvgIpc) is 3.10. The van der Waals surface area contributed by atoms with Gasteiger partial charge in [0.2, 0.25) is 0 Å². The van der Waals surface area contributed by atoms with Crippen molar-refractivity contribution in [3.8, 4) is 0 Å².